The summed E-state index contributed by atoms with van der Waals surface area (Å²) < 4.78 is 11.8. The number of hydrogen-bond acceptors (Lipinski definition) is 5. The van der Waals surface area contributed by atoms with Gasteiger partial charge in [-0.1, -0.05) is 69.7 Å². The summed E-state index contributed by atoms with van der Waals surface area (Å²) in [4.78, 5) is 12.0. The van der Waals surface area contributed by atoms with Crippen LogP contribution in [0.5, 0.6) is 0 Å². The molecule has 1 aromatic rings. The van der Waals surface area contributed by atoms with Crippen LogP contribution in [0.25, 0.3) is 0 Å². The van der Waals surface area contributed by atoms with Crippen molar-refractivity contribution >= 4 is 29.5 Å². The number of hydrogen-bond donors (Lipinski definition) is 1. The number of rotatable bonds is 10. The van der Waals surface area contributed by atoms with Crippen LogP contribution in [0, 0.1) is 5.92 Å². The van der Waals surface area contributed by atoms with Gasteiger partial charge in [0.2, 0.25) is 5.60 Å². The Balaban J connectivity index is 1.50. The van der Waals surface area contributed by atoms with Crippen LogP contribution >= 0.6 is 23.5 Å². The summed E-state index contributed by atoms with van der Waals surface area (Å²) in [6, 6.07) is 7.93. The highest BCUT2D eigenvalue weighted by Gasteiger charge is 2.52. The Morgan fingerprint density at radius 1 is 1.07 bits per heavy atom. The van der Waals surface area contributed by atoms with Crippen LogP contribution in [0.15, 0.2) is 24.3 Å². The number of thioether (sulfide) groups is 2. The first-order valence-corrected chi connectivity index (χ1v) is 13.4. The second-order valence-electron chi connectivity index (χ2n) is 8.97. The number of ether oxygens (including phenoxy) is 2. The van der Waals surface area contributed by atoms with Crippen LogP contribution in [0.4, 0.5) is 0 Å². The molecule has 4 nitrogen and oxygen atoms in total. The van der Waals surface area contributed by atoms with Crippen LogP contribution in [0.1, 0.15) is 81.4 Å². The quantitative estimate of drug-likeness (QED) is 0.404. The van der Waals surface area contributed by atoms with Crippen molar-refractivity contribution in [3.8, 4) is 0 Å². The fourth-order valence-electron chi connectivity index (χ4n) is 4.15. The highest BCUT2D eigenvalue weighted by Crippen LogP contribution is 2.47. The van der Waals surface area contributed by atoms with Crippen LogP contribution in [-0.4, -0.2) is 35.0 Å². The minimum Gasteiger partial charge on any atom is -0.479 e. The standard InChI is InChI=1S/C24H36O4S2/c1-4-5-6-7-8-9-10-18-15-29-21(30-16-18)19-11-13-20(14-12-19)24(22(25)26)17-27-23(2,3)28-24/h11-14,18,21H,4-10,15-17H2,1-3H3,(H,25,26). The van der Waals surface area contributed by atoms with Gasteiger partial charge in [-0.05, 0) is 48.8 Å². The Morgan fingerprint density at radius 3 is 2.27 bits per heavy atom. The number of carboxylic acid groups (broad SMARTS) is 1. The topological polar surface area (TPSA) is 55.8 Å². The van der Waals surface area contributed by atoms with E-state index in [-0.39, 0.29) is 6.61 Å². The molecule has 30 heavy (non-hydrogen) atoms. The molecule has 1 atom stereocenters. The molecule has 1 unspecified atom stereocenters. The minimum absolute atomic E-state index is 0.0295. The van der Waals surface area contributed by atoms with Crippen LogP contribution in [-0.2, 0) is 19.9 Å². The molecule has 0 bridgehead atoms. The molecule has 0 amide bonds. The first-order valence-electron chi connectivity index (χ1n) is 11.3. The molecule has 2 aliphatic rings. The summed E-state index contributed by atoms with van der Waals surface area (Å²) in [6.07, 6.45) is 9.57. The molecule has 168 valence electrons. The van der Waals surface area contributed by atoms with E-state index in [0.29, 0.717) is 10.1 Å². The summed E-state index contributed by atoms with van der Waals surface area (Å²) in [5, 5.41) is 9.81. The van der Waals surface area contributed by atoms with Gasteiger partial charge in [-0.25, -0.2) is 4.79 Å². The van der Waals surface area contributed by atoms with Crippen molar-refractivity contribution in [2.45, 2.75) is 81.7 Å². The SMILES string of the molecule is CCCCCCCCC1CSC(c2ccc(C3(C(=O)O)COC(C)(C)O3)cc2)SC1. The zero-order valence-corrected chi connectivity index (χ0v) is 20.2. The molecule has 3 rings (SSSR count). The Morgan fingerprint density at radius 2 is 1.70 bits per heavy atom. The predicted octanol–water partition coefficient (Wildman–Crippen LogP) is 6.59. The highest BCUT2D eigenvalue weighted by atomic mass is 32.2. The van der Waals surface area contributed by atoms with Crippen molar-refractivity contribution in [3.63, 3.8) is 0 Å². The molecular weight excluding hydrogens is 416 g/mol. The molecule has 2 aliphatic heterocycles. The third-order valence-electron chi connectivity index (χ3n) is 5.97. The van der Waals surface area contributed by atoms with Gasteiger partial charge in [-0.2, -0.15) is 0 Å². The molecule has 0 radical (unpaired) electrons. The third kappa shape index (κ3) is 5.96. The van der Waals surface area contributed by atoms with Crippen molar-refractivity contribution in [1.29, 1.82) is 0 Å². The molecule has 1 N–H and O–H groups in total. The molecule has 2 saturated heterocycles. The van der Waals surface area contributed by atoms with E-state index < -0.39 is 17.4 Å². The van der Waals surface area contributed by atoms with Gasteiger partial charge < -0.3 is 14.6 Å². The zero-order valence-electron chi connectivity index (χ0n) is 18.5. The largest absolute Gasteiger partial charge is 0.479 e. The number of carbonyl (C=O) groups is 1. The number of unbranched alkanes of at least 4 members (excludes halogenated alkanes) is 5. The van der Waals surface area contributed by atoms with Gasteiger partial charge in [-0.3, -0.25) is 0 Å². The van der Waals surface area contributed by atoms with Crippen LogP contribution in [0.3, 0.4) is 0 Å². The summed E-state index contributed by atoms with van der Waals surface area (Å²) in [5.41, 5.74) is 0.485. The lowest BCUT2D eigenvalue weighted by Crippen LogP contribution is -2.39. The zero-order chi connectivity index (χ0) is 21.6. The van der Waals surface area contributed by atoms with Crippen LogP contribution < -0.4 is 0 Å². The Labute approximate surface area is 189 Å². The van der Waals surface area contributed by atoms with Crippen molar-refractivity contribution < 1.29 is 19.4 Å². The van der Waals surface area contributed by atoms with E-state index in [1.807, 2.05) is 35.7 Å². The molecule has 2 fully saturated rings. The fourth-order valence-corrected chi connectivity index (χ4v) is 7.32. The first kappa shape index (κ1) is 24.0. The molecule has 0 saturated carbocycles. The first-order chi connectivity index (χ1) is 14.4. The van der Waals surface area contributed by atoms with Gasteiger partial charge in [0.15, 0.2) is 5.79 Å². The van der Waals surface area contributed by atoms with Gasteiger partial charge in [0, 0.05) is 0 Å². The maximum atomic E-state index is 12.0. The van der Waals surface area contributed by atoms with Crippen molar-refractivity contribution in [3.05, 3.63) is 35.4 Å². The summed E-state index contributed by atoms with van der Waals surface area (Å²) >= 11 is 4.06. The van der Waals surface area contributed by atoms with E-state index >= 15 is 0 Å². The number of aliphatic carboxylic acids is 1. The van der Waals surface area contributed by atoms with Crippen molar-refractivity contribution in [2.75, 3.05) is 18.1 Å². The van der Waals surface area contributed by atoms with Gasteiger partial charge in [-0.15, -0.1) is 23.5 Å². The maximum absolute atomic E-state index is 12.0. The summed E-state index contributed by atoms with van der Waals surface area (Å²) in [6.45, 7) is 5.80. The van der Waals surface area contributed by atoms with E-state index in [9.17, 15) is 9.90 Å². The molecule has 2 heterocycles. The van der Waals surface area contributed by atoms with E-state index in [4.69, 9.17) is 9.47 Å². The molecular formula is C24H36O4S2. The Kier molecular flexibility index (Phi) is 8.59. The van der Waals surface area contributed by atoms with E-state index in [1.54, 1.807) is 13.8 Å². The van der Waals surface area contributed by atoms with Crippen LogP contribution in [0.2, 0.25) is 0 Å². The lowest BCUT2D eigenvalue weighted by atomic mass is 9.94. The lowest BCUT2D eigenvalue weighted by molar-refractivity contribution is -0.187. The third-order valence-corrected chi connectivity index (χ3v) is 9.26. The minimum atomic E-state index is -1.42. The summed E-state index contributed by atoms with van der Waals surface area (Å²) in [5.74, 6) is 1.37. The lowest BCUT2D eigenvalue weighted by Gasteiger charge is -2.29. The second-order valence-corrected chi connectivity index (χ2v) is 11.5. The van der Waals surface area contributed by atoms with E-state index in [0.717, 1.165) is 5.92 Å². The van der Waals surface area contributed by atoms with Gasteiger partial charge in [0.05, 0.1) is 11.2 Å². The second kappa shape index (κ2) is 10.8. The predicted molar refractivity (Wildman–Crippen MR) is 126 cm³/mol. The molecule has 1 aromatic carbocycles. The average molecular weight is 453 g/mol. The fraction of sp³-hybridized carbons (Fsp3) is 0.708. The average Bonchev–Trinajstić information content (AvgIpc) is 3.08. The van der Waals surface area contributed by atoms with Gasteiger partial charge >= 0.3 is 5.97 Å². The van der Waals surface area contributed by atoms with Gasteiger partial charge in [0.1, 0.15) is 0 Å². The molecule has 0 spiro atoms. The van der Waals surface area contributed by atoms with Crippen molar-refractivity contribution in [1.82, 2.24) is 0 Å². The van der Waals surface area contributed by atoms with E-state index in [1.165, 1.54) is 62.0 Å². The Hall–Kier alpha value is -0.690. The number of carboxylic acids is 1. The van der Waals surface area contributed by atoms with Gasteiger partial charge in [0.25, 0.3) is 0 Å². The smallest absolute Gasteiger partial charge is 0.343 e. The monoisotopic (exact) mass is 452 g/mol. The molecule has 6 heteroatoms. The number of benzene rings is 1. The van der Waals surface area contributed by atoms with E-state index in [2.05, 4.69) is 19.1 Å². The summed E-state index contributed by atoms with van der Waals surface area (Å²) in [7, 11) is 0. The maximum Gasteiger partial charge on any atom is 0.343 e. The van der Waals surface area contributed by atoms with Crippen molar-refractivity contribution in [2.24, 2.45) is 5.92 Å². The normalized spacial score (nSPS) is 28.5. The highest BCUT2D eigenvalue weighted by molar-refractivity contribution is 8.16. The Bertz CT molecular complexity index is 683. The molecule has 0 aliphatic carbocycles. The molecule has 0 aromatic heterocycles.